The molecule has 4 nitrogen and oxygen atoms in total. The summed E-state index contributed by atoms with van der Waals surface area (Å²) in [6.07, 6.45) is 0. The molecule has 0 fully saturated rings. The normalized spacial score (nSPS) is 13.3. The summed E-state index contributed by atoms with van der Waals surface area (Å²) in [6, 6.07) is 76.0. The van der Waals surface area contributed by atoms with E-state index in [2.05, 4.69) is 182 Å². The number of fused-ring (bicyclic) bond motifs is 15. The van der Waals surface area contributed by atoms with E-state index in [-0.39, 0.29) is 0 Å². The topological polar surface area (TPSA) is 51.8 Å². The van der Waals surface area contributed by atoms with Gasteiger partial charge in [-0.2, -0.15) is 0 Å². The van der Waals surface area contributed by atoms with Crippen molar-refractivity contribution in [2.24, 2.45) is 0 Å². The molecule has 0 saturated heterocycles. The fraction of sp³-hybridized carbons (Fsp3) is 0.0167. The van der Waals surface area contributed by atoms with Crippen molar-refractivity contribution >= 4 is 55.4 Å². The van der Waals surface area contributed by atoms with Crippen LogP contribution in [0.4, 0.5) is 0 Å². The second-order valence-electron chi connectivity index (χ2n) is 17.0. The molecule has 0 atom stereocenters. The van der Waals surface area contributed by atoms with Crippen molar-refractivity contribution in [1.82, 2.24) is 15.0 Å². The summed E-state index contributed by atoms with van der Waals surface area (Å²) in [7, 11) is 0. The van der Waals surface area contributed by atoms with Crippen molar-refractivity contribution in [3.05, 3.63) is 235 Å². The predicted octanol–water partition coefficient (Wildman–Crippen LogP) is 15.6. The summed E-state index contributed by atoms with van der Waals surface area (Å²) < 4.78 is 6.50. The standard InChI is InChI=1S/C60H35N3OS/c1-2-15-38(16-3-1)59-62-52(35-53(63-59)43-21-14-20-42-41-19-6-11-26-54(41)64-58(42)43)36-29-31-37(32-30-36)57-46-33-45-39-17-4-7-22-47(39)60(50(45)34-44(46)40-18-5-10-25-51(40)61-57)48-23-8-12-27-55(48)65-56-28-13-9-24-49(56)60/h1-35H. The highest BCUT2D eigenvalue weighted by molar-refractivity contribution is 7.99. The molecule has 1 aliphatic heterocycles. The first-order valence-electron chi connectivity index (χ1n) is 22.0. The van der Waals surface area contributed by atoms with Crippen LogP contribution in [0.3, 0.4) is 0 Å². The van der Waals surface area contributed by atoms with Gasteiger partial charge in [-0.05, 0) is 87.3 Å². The van der Waals surface area contributed by atoms with Gasteiger partial charge in [0, 0.05) is 53.6 Å². The molecule has 12 aromatic rings. The van der Waals surface area contributed by atoms with Crippen LogP contribution in [0.2, 0.25) is 0 Å². The van der Waals surface area contributed by atoms with E-state index in [0.29, 0.717) is 5.82 Å². The average Bonchev–Trinajstić information content (AvgIpc) is 3.89. The fourth-order valence-corrected chi connectivity index (χ4v) is 11.9. The molecule has 9 aromatic carbocycles. The maximum Gasteiger partial charge on any atom is 0.160 e. The van der Waals surface area contributed by atoms with Gasteiger partial charge in [-0.3, -0.25) is 0 Å². The van der Waals surface area contributed by atoms with E-state index < -0.39 is 5.41 Å². The number of benzene rings is 9. The molecular formula is C60H35N3OS. The van der Waals surface area contributed by atoms with E-state index in [1.807, 2.05) is 42.1 Å². The molecule has 0 amide bonds. The van der Waals surface area contributed by atoms with Crippen LogP contribution < -0.4 is 0 Å². The van der Waals surface area contributed by atoms with Crippen molar-refractivity contribution in [2.75, 3.05) is 0 Å². The van der Waals surface area contributed by atoms with Gasteiger partial charge in [-0.1, -0.05) is 176 Å². The van der Waals surface area contributed by atoms with Gasteiger partial charge in [0.1, 0.15) is 11.2 Å². The quantitative estimate of drug-likeness (QED) is 0.165. The lowest BCUT2D eigenvalue weighted by Crippen LogP contribution is -2.31. The molecule has 3 aromatic heterocycles. The van der Waals surface area contributed by atoms with Crippen LogP contribution in [0.5, 0.6) is 0 Å². The largest absolute Gasteiger partial charge is 0.455 e. The first-order chi connectivity index (χ1) is 32.2. The number of aromatic nitrogens is 3. The molecule has 0 radical (unpaired) electrons. The maximum absolute atomic E-state index is 6.50. The van der Waals surface area contributed by atoms with Gasteiger partial charge in [0.15, 0.2) is 5.82 Å². The Morgan fingerprint density at radius 2 is 1.00 bits per heavy atom. The molecule has 65 heavy (non-hydrogen) atoms. The predicted molar refractivity (Wildman–Crippen MR) is 265 cm³/mol. The smallest absolute Gasteiger partial charge is 0.160 e. The molecule has 2 aliphatic rings. The van der Waals surface area contributed by atoms with Crippen LogP contribution in [-0.2, 0) is 5.41 Å². The summed E-state index contributed by atoms with van der Waals surface area (Å²) in [6.45, 7) is 0. The molecule has 4 heterocycles. The Bertz CT molecular complexity index is 3880. The first kappa shape index (κ1) is 36.4. The Labute approximate surface area is 378 Å². The van der Waals surface area contributed by atoms with Crippen LogP contribution >= 0.6 is 11.8 Å². The molecule has 0 saturated carbocycles. The summed E-state index contributed by atoms with van der Waals surface area (Å²) >= 11 is 1.88. The second-order valence-corrected chi connectivity index (χ2v) is 18.1. The minimum Gasteiger partial charge on any atom is -0.455 e. The van der Waals surface area contributed by atoms with E-state index in [0.717, 1.165) is 77.6 Å². The lowest BCUT2D eigenvalue weighted by Gasteiger charge is -2.39. The second kappa shape index (κ2) is 13.9. The van der Waals surface area contributed by atoms with Crippen LogP contribution in [0.1, 0.15) is 22.3 Å². The van der Waals surface area contributed by atoms with Gasteiger partial charge in [0.25, 0.3) is 0 Å². The summed E-state index contributed by atoms with van der Waals surface area (Å²) in [5, 5.41) is 5.62. The highest BCUT2D eigenvalue weighted by Gasteiger charge is 2.50. The Balaban J connectivity index is 0.960. The number of para-hydroxylation sites is 3. The van der Waals surface area contributed by atoms with E-state index in [9.17, 15) is 0 Å². The Hall–Kier alpha value is -8.12. The summed E-state index contributed by atoms with van der Waals surface area (Å²) in [4.78, 5) is 18.4. The van der Waals surface area contributed by atoms with Crippen molar-refractivity contribution in [3.8, 4) is 56.3 Å². The SMILES string of the molecule is c1ccc(-c2nc(-c3ccc(-c4nc5ccccc5c5cc6c(cc45)-c4ccccc4C64c5ccccc5Sc5ccccc54)cc3)cc(-c3cccc4c3oc3ccccc34)n2)cc1. The number of rotatable bonds is 4. The molecule has 0 bridgehead atoms. The van der Waals surface area contributed by atoms with E-state index >= 15 is 0 Å². The van der Waals surface area contributed by atoms with Gasteiger partial charge < -0.3 is 4.42 Å². The monoisotopic (exact) mass is 845 g/mol. The summed E-state index contributed by atoms with van der Waals surface area (Å²) in [5.41, 5.74) is 16.5. The molecule has 1 aliphatic carbocycles. The van der Waals surface area contributed by atoms with Crippen molar-refractivity contribution in [1.29, 1.82) is 0 Å². The highest BCUT2D eigenvalue weighted by atomic mass is 32.2. The van der Waals surface area contributed by atoms with Gasteiger partial charge in [0.2, 0.25) is 0 Å². The Kier molecular flexibility index (Phi) is 7.80. The lowest BCUT2D eigenvalue weighted by molar-refractivity contribution is 0.670. The minimum atomic E-state index is -0.463. The number of pyridine rings is 1. The zero-order valence-electron chi connectivity index (χ0n) is 34.9. The highest BCUT2D eigenvalue weighted by Crippen LogP contribution is 2.63. The molecule has 0 N–H and O–H groups in total. The maximum atomic E-state index is 6.50. The van der Waals surface area contributed by atoms with Crippen LogP contribution in [-0.4, -0.2) is 15.0 Å². The van der Waals surface area contributed by atoms with Gasteiger partial charge in [-0.15, -0.1) is 0 Å². The molecule has 0 unspecified atom stereocenters. The van der Waals surface area contributed by atoms with E-state index in [1.54, 1.807) is 0 Å². The van der Waals surface area contributed by atoms with E-state index in [1.165, 1.54) is 48.6 Å². The average molecular weight is 846 g/mol. The van der Waals surface area contributed by atoms with Crippen LogP contribution in [0, 0.1) is 0 Å². The molecule has 1 spiro atoms. The van der Waals surface area contributed by atoms with Crippen molar-refractivity contribution in [2.45, 2.75) is 15.2 Å². The molecular weight excluding hydrogens is 811 g/mol. The van der Waals surface area contributed by atoms with Crippen LogP contribution in [0.15, 0.2) is 227 Å². The molecule has 302 valence electrons. The Morgan fingerprint density at radius 1 is 0.369 bits per heavy atom. The van der Waals surface area contributed by atoms with Gasteiger partial charge >= 0.3 is 0 Å². The third-order valence-electron chi connectivity index (χ3n) is 13.6. The van der Waals surface area contributed by atoms with Crippen molar-refractivity contribution < 1.29 is 4.42 Å². The lowest BCUT2D eigenvalue weighted by atomic mass is 9.67. The van der Waals surface area contributed by atoms with Crippen molar-refractivity contribution in [3.63, 3.8) is 0 Å². The number of furan rings is 1. The Morgan fingerprint density at radius 3 is 1.82 bits per heavy atom. The van der Waals surface area contributed by atoms with Gasteiger partial charge in [-0.25, -0.2) is 15.0 Å². The zero-order chi connectivity index (χ0) is 42.6. The first-order valence-corrected chi connectivity index (χ1v) is 22.8. The third kappa shape index (κ3) is 5.30. The number of hydrogen-bond donors (Lipinski definition) is 0. The van der Waals surface area contributed by atoms with Gasteiger partial charge in [0.05, 0.1) is 28.0 Å². The van der Waals surface area contributed by atoms with Crippen LogP contribution in [0.25, 0.3) is 99.9 Å². The van der Waals surface area contributed by atoms with E-state index in [4.69, 9.17) is 19.4 Å². The fourth-order valence-electron chi connectivity index (χ4n) is 10.7. The number of hydrogen-bond acceptors (Lipinski definition) is 5. The third-order valence-corrected chi connectivity index (χ3v) is 14.7. The summed E-state index contributed by atoms with van der Waals surface area (Å²) in [5.74, 6) is 0.659. The molecule has 5 heteroatoms. The molecule has 14 rings (SSSR count). The number of nitrogens with zero attached hydrogens (tertiary/aromatic N) is 3. The minimum absolute atomic E-state index is 0.463. The zero-order valence-corrected chi connectivity index (χ0v) is 35.7.